The minimum atomic E-state index is -0.188. The SMILES string of the molecule is Cc1cnc2c(c1)nc(C(C)Cl)n2CCc1ncno1. The van der Waals surface area contributed by atoms with Crippen molar-refractivity contribution in [1.29, 1.82) is 0 Å². The number of fused-ring (bicyclic) bond motifs is 1. The van der Waals surface area contributed by atoms with Crippen LogP contribution in [0.4, 0.5) is 0 Å². The molecule has 0 aliphatic rings. The molecule has 0 saturated carbocycles. The third-order valence-electron chi connectivity index (χ3n) is 3.06. The maximum atomic E-state index is 6.22. The van der Waals surface area contributed by atoms with E-state index in [4.69, 9.17) is 16.1 Å². The zero-order valence-electron chi connectivity index (χ0n) is 11.2. The largest absolute Gasteiger partial charge is 0.340 e. The zero-order valence-corrected chi connectivity index (χ0v) is 12.0. The summed E-state index contributed by atoms with van der Waals surface area (Å²) in [7, 11) is 0. The average Bonchev–Trinajstić information content (AvgIpc) is 3.02. The monoisotopic (exact) mass is 291 g/mol. The fraction of sp³-hybridized carbons (Fsp3) is 0.385. The molecule has 0 fully saturated rings. The van der Waals surface area contributed by atoms with E-state index >= 15 is 0 Å². The summed E-state index contributed by atoms with van der Waals surface area (Å²) in [4.78, 5) is 13.1. The lowest BCUT2D eigenvalue weighted by Crippen LogP contribution is -2.07. The maximum Gasteiger partial charge on any atom is 0.228 e. The molecule has 104 valence electrons. The molecule has 0 aliphatic heterocycles. The van der Waals surface area contributed by atoms with Gasteiger partial charge in [-0.25, -0.2) is 9.97 Å². The van der Waals surface area contributed by atoms with Crippen molar-refractivity contribution >= 4 is 22.8 Å². The van der Waals surface area contributed by atoms with Gasteiger partial charge in [0, 0.05) is 19.2 Å². The Morgan fingerprint density at radius 2 is 2.25 bits per heavy atom. The van der Waals surface area contributed by atoms with Gasteiger partial charge in [0.2, 0.25) is 5.89 Å². The number of alkyl halides is 1. The Balaban J connectivity index is 2.00. The first-order valence-electron chi connectivity index (χ1n) is 6.37. The smallest absolute Gasteiger partial charge is 0.228 e. The van der Waals surface area contributed by atoms with E-state index < -0.39 is 0 Å². The lowest BCUT2D eigenvalue weighted by molar-refractivity contribution is 0.370. The number of halogens is 1. The van der Waals surface area contributed by atoms with E-state index in [0.29, 0.717) is 18.9 Å². The predicted octanol–water partition coefficient (Wildman–Crippen LogP) is 2.67. The molecule has 3 rings (SSSR count). The van der Waals surface area contributed by atoms with Crippen LogP contribution in [-0.2, 0) is 13.0 Å². The molecule has 0 amide bonds. The molecular formula is C13H14ClN5O. The highest BCUT2D eigenvalue weighted by Gasteiger charge is 2.16. The van der Waals surface area contributed by atoms with Crippen LogP contribution in [-0.4, -0.2) is 24.7 Å². The molecule has 0 spiro atoms. The minimum absolute atomic E-state index is 0.188. The van der Waals surface area contributed by atoms with Crippen LogP contribution >= 0.6 is 11.6 Å². The normalized spacial score (nSPS) is 12.9. The summed E-state index contributed by atoms with van der Waals surface area (Å²) >= 11 is 6.22. The molecule has 0 aliphatic carbocycles. The van der Waals surface area contributed by atoms with Crippen LogP contribution in [0.3, 0.4) is 0 Å². The Kier molecular flexibility index (Phi) is 3.40. The van der Waals surface area contributed by atoms with E-state index in [1.807, 2.05) is 30.7 Å². The predicted molar refractivity (Wildman–Crippen MR) is 74.5 cm³/mol. The van der Waals surface area contributed by atoms with Gasteiger partial charge in [-0.1, -0.05) is 5.16 Å². The highest BCUT2D eigenvalue weighted by molar-refractivity contribution is 6.20. The summed E-state index contributed by atoms with van der Waals surface area (Å²) in [5, 5.41) is 3.41. The van der Waals surface area contributed by atoms with Gasteiger partial charge in [0.05, 0.1) is 5.38 Å². The zero-order chi connectivity index (χ0) is 14.1. The van der Waals surface area contributed by atoms with Crippen molar-refractivity contribution in [3.63, 3.8) is 0 Å². The molecule has 3 aromatic heterocycles. The quantitative estimate of drug-likeness (QED) is 0.691. The Morgan fingerprint density at radius 1 is 1.40 bits per heavy atom. The van der Waals surface area contributed by atoms with Crippen LogP contribution in [0.15, 0.2) is 23.1 Å². The van der Waals surface area contributed by atoms with Gasteiger partial charge < -0.3 is 9.09 Å². The number of hydrogen-bond donors (Lipinski definition) is 0. The molecule has 0 radical (unpaired) electrons. The molecule has 0 aromatic carbocycles. The summed E-state index contributed by atoms with van der Waals surface area (Å²) in [6.07, 6.45) is 3.85. The van der Waals surface area contributed by atoms with Gasteiger partial charge in [-0.15, -0.1) is 11.6 Å². The molecule has 1 atom stereocenters. The molecule has 3 aromatic rings. The Labute approximate surface area is 120 Å². The van der Waals surface area contributed by atoms with E-state index in [1.165, 1.54) is 6.33 Å². The number of rotatable bonds is 4. The van der Waals surface area contributed by atoms with Crippen molar-refractivity contribution < 1.29 is 4.52 Å². The van der Waals surface area contributed by atoms with Crippen LogP contribution < -0.4 is 0 Å². The lowest BCUT2D eigenvalue weighted by Gasteiger charge is -2.08. The molecule has 1 unspecified atom stereocenters. The summed E-state index contributed by atoms with van der Waals surface area (Å²) < 4.78 is 7.03. The van der Waals surface area contributed by atoms with Crippen molar-refractivity contribution in [1.82, 2.24) is 24.7 Å². The van der Waals surface area contributed by atoms with Crippen molar-refractivity contribution in [3.05, 3.63) is 35.9 Å². The molecule has 7 heteroatoms. The fourth-order valence-electron chi connectivity index (χ4n) is 2.17. The van der Waals surface area contributed by atoms with Crippen LogP contribution in [0, 0.1) is 6.92 Å². The first-order chi connectivity index (χ1) is 9.65. The minimum Gasteiger partial charge on any atom is -0.340 e. The van der Waals surface area contributed by atoms with Gasteiger partial charge in [-0.3, -0.25) is 0 Å². The highest BCUT2D eigenvalue weighted by atomic mass is 35.5. The first-order valence-corrected chi connectivity index (χ1v) is 6.81. The van der Waals surface area contributed by atoms with Crippen LogP contribution in [0.1, 0.15) is 29.6 Å². The number of aromatic nitrogens is 5. The third kappa shape index (κ3) is 2.38. The van der Waals surface area contributed by atoms with Crippen molar-refractivity contribution in [2.75, 3.05) is 0 Å². The summed E-state index contributed by atoms with van der Waals surface area (Å²) in [5.74, 6) is 1.39. The van der Waals surface area contributed by atoms with Gasteiger partial charge in [0.15, 0.2) is 12.0 Å². The Hall–Kier alpha value is -1.95. The van der Waals surface area contributed by atoms with E-state index in [9.17, 15) is 0 Å². The number of hydrogen-bond acceptors (Lipinski definition) is 5. The van der Waals surface area contributed by atoms with Crippen molar-refractivity contribution in [2.24, 2.45) is 0 Å². The van der Waals surface area contributed by atoms with E-state index in [0.717, 1.165) is 22.6 Å². The van der Waals surface area contributed by atoms with Crippen LogP contribution in [0.25, 0.3) is 11.2 Å². The van der Waals surface area contributed by atoms with Gasteiger partial charge in [-0.05, 0) is 25.5 Å². The summed E-state index contributed by atoms with van der Waals surface area (Å²) in [5.41, 5.74) is 2.77. The van der Waals surface area contributed by atoms with Gasteiger partial charge in [0.1, 0.15) is 11.3 Å². The Bertz CT molecular complexity index is 720. The maximum absolute atomic E-state index is 6.22. The average molecular weight is 292 g/mol. The molecule has 0 bridgehead atoms. The van der Waals surface area contributed by atoms with Crippen molar-refractivity contribution in [2.45, 2.75) is 32.2 Å². The number of aryl methyl sites for hydroxylation is 3. The van der Waals surface area contributed by atoms with Gasteiger partial charge >= 0.3 is 0 Å². The van der Waals surface area contributed by atoms with E-state index in [-0.39, 0.29) is 5.38 Å². The molecule has 6 nitrogen and oxygen atoms in total. The molecule has 20 heavy (non-hydrogen) atoms. The lowest BCUT2D eigenvalue weighted by atomic mass is 10.3. The molecule has 3 heterocycles. The van der Waals surface area contributed by atoms with Crippen LogP contribution in [0.2, 0.25) is 0 Å². The second kappa shape index (κ2) is 5.20. The highest BCUT2D eigenvalue weighted by Crippen LogP contribution is 2.24. The summed E-state index contributed by atoms with van der Waals surface area (Å²) in [6.45, 7) is 4.55. The second-order valence-electron chi connectivity index (χ2n) is 4.68. The third-order valence-corrected chi connectivity index (χ3v) is 3.26. The van der Waals surface area contributed by atoms with E-state index in [2.05, 4.69) is 20.1 Å². The van der Waals surface area contributed by atoms with Gasteiger partial charge in [-0.2, -0.15) is 4.98 Å². The molecule has 0 N–H and O–H groups in total. The number of imidazole rings is 1. The molecule has 0 saturated heterocycles. The van der Waals surface area contributed by atoms with Crippen LogP contribution in [0.5, 0.6) is 0 Å². The van der Waals surface area contributed by atoms with Gasteiger partial charge in [0.25, 0.3) is 0 Å². The van der Waals surface area contributed by atoms with E-state index in [1.54, 1.807) is 0 Å². The topological polar surface area (TPSA) is 69.6 Å². The fourth-order valence-corrected chi connectivity index (χ4v) is 2.33. The second-order valence-corrected chi connectivity index (χ2v) is 5.33. The van der Waals surface area contributed by atoms with Crippen molar-refractivity contribution in [3.8, 4) is 0 Å². The summed E-state index contributed by atoms with van der Waals surface area (Å²) in [6, 6.07) is 2.01. The first kappa shape index (κ1) is 13.1. The standard InChI is InChI=1S/C13H14ClN5O/c1-8-5-10-13(15-6-8)19(12(18-10)9(2)14)4-3-11-16-7-17-20-11/h5-7,9H,3-4H2,1-2H3. The molecular weight excluding hydrogens is 278 g/mol. The Morgan fingerprint density at radius 3 is 2.95 bits per heavy atom. The number of pyridine rings is 1. The number of nitrogens with zero attached hydrogens (tertiary/aromatic N) is 5.